The molecule has 1 N–H and O–H groups in total. The predicted molar refractivity (Wildman–Crippen MR) is 57.0 cm³/mol. The summed E-state index contributed by atoms with van der Waals surface area (Å²) < 4.78 is 2.11. The first-order chi connectivity index (χ1) is 6.86. The van der Waals surface area contributed by atoms with Crippen molar-refractivity contribution >= 4 is 21.9 Å². The largest absolute Gasteiger partial charge is 1.00 e. The quantitative estimate of drug-likeness (QED) is 0.510. The molecule has 0 fully saturated rings. The second-order valence-electron chi connectivity index (χ2n) is 3.55. The Morgan fingerprint density at radius 2 is 1.73 bits per heavy atom. The third-order valence-corrected chi connectivity index (χ3v) is 2.65. The number of nitrogens with one attached hydrogen (secondary N) is 1. The maximum atomic E-state index is 3.41. The Morgan fingerprint density at radius 1 is 1.00 bits per heavy atom. The van der Waals surface area contributed by atoms with Gasteiger partial charge in [0.05, 0.1) is 18.6 Å². The molecule has 3 rings (SSSR count). The normalized spacial score (nSPS) is 10.5. The summed E-state index contributed by atoms with van der Waals surface area (Å²) in [4.78, 5) is 3.41. The van der Waals surface area contributed by atoms with E-state index >= 15 is 0 Å². The lowest BCUT2D eigenvalue weighted by Crippen LogP contribution is -3.00. The van der Waals surface area contributed by atoms with Gasteiger partial charge >= 0.3 is 0 Å². The Labute approximate surface area is 98.3 Å². The number of fused-ring (bicyclic) bond motifs is 3. The summed E-state index contributed by atoms with van der Waals surface area (Å²) >= 11 is 0. The second kappa shape index (κ2) is 3.66. The van der Waals surface area contributed by atoms with Gasteiger partial charge in [-0.1, -0.05) is 12.1 Å². The highest BCUT2D eigenvalue weighted by Crippen LogP contribution is 2.21. The number of benzene rings is 1. The number of aromatic nitrogens is 2. The monoisotopic (exact) mass is 262 g/mol. The van der Waals surface area contributed by atoms with Crippen LogP contribution in [0.2, 0.25) is 0 Å². The minimum Gasteiger partial charge on any atom is -1.00 e. The van der Waals surface area contributed by atoms with Crippen LogP contribution < -0.4 is 21.5 Å². The van der Waals surface area contributed by atoms with Gasteiger partial charge in [0, 0.05) is 5.39 Å². The van der Waals surface area contributed by atoms with Gasteiger partial charge in [-0.25, -0.2) is 9.55 Å². The van der Waals surface area contributed by atoms with Crippen molar-refractivity contribution in [3.05, 3.63) is 42.6 Å². The number of nitrogens with zero attached hydrogens (tertiary/aromatic N) is 1. The third-order valence-electron chi connectivity index (χ3n) is 2.65. The SMILES string of the molecule is C[n+]1cccc2c3ccccc3[nH]c21.[Br-]. The van der Waals surface area contributed by atoms with E-state index < -0.39 is 0 Å². The molecule has 0 radical (unpaired) electrons. The van der Waals surface area contributed by atoms with Crippen molar-refractivity contribution in [2.24, 2.45) is 7.05 Å². The van der Waals surface area contributed by atoms with Crippen LogP contribution in [-0.4, -0.2) is 4.98 Å². The number of H-pyrrole nitrogens is 1. The van der Waals surface area contributed by atoms with Gasteiger partial charge in [-0.05, 0) is 24.3 Å². The zero-order valence-electron chi connectivity index (χ0n) is 8.37. The molecule has 0 saturated carbocycles. The first-order valence-corrected chi connectivity index (χ1v) is 4.71. The lowest BCUT2D eigenvalue weighted by Gasteiger charge is -1.89. The van der Waals surface area contributed by atoms with E-state index in [0.717, 1.165) is 0 Å². The average Bonchev–Trinajstić information content (AvgIpc) is 2.59. The van der Waals surface area contributed by atoms with Gasteiger partial charge in [-0.15, -0.1) is 0 Å². The highest BCUT2D eigenvalue weighted by atomic mass is 79.9. The van der Waals surface area contributed by atoms with Crippen molar-refractivity contribution < 1.29 is 21.5 Å². The molecule has 0 aliphatic rings. The van der Waals surface area contributed by atoms with Crippen LogP contribution in [0.5, 0.6) is 0 Å². The molecule has 1 aromatic carbocycles. The number of pyridine rings is 1. The van der Waals surface area contributed by atoms with Gasteiger partial charge in [0.1, 0.15) is 5.52 Å². The molecule has 0 spiro atoms. The molecular weight excluding hydrogens is 252 g/mol. The molecule has 76 valence electrons. The number of para-hydroxylation sites is 1. The van der Waals surface area contributed by atoms with Crippen LogP contribution in [0.25, 0.3) is 21.9 Å². The summed E-state index contributed by atoms with van der Waals surface area (Å²) in [6, 6.07) is 12.6. The molecule has 15 heavy (non-hydrogen) atoms. The zero-order chi connectivity index (χ0) is 9.54. The standard InChI is InChI=1S/C12H10N2.BrH/c1-14-8-4-6-10-9-5-2-3-7-11(9)13-12(10)14;/h2-8H,1H3;1H. The van der Waals surface area contributed by atoms with Gasteiger partial charge in [0.15, 0.2) is 0 Å². The van der Waals surface area contributed by atoms with E-state index in [1.165, 1.54) is 21.9 Å². The minimum absolute atomic E-state index is 0. The topological polar surface area (TPSA) is 19.7 Å². The van der Waals surface area contributed by atoms with E-state index in [-0.39, 0.29) is 17.0 Å². The fourth-order valence-corrected chi connectivity index (χ4v) is 1.94. The lowest BCUT2D eigenvalue weighted by atomic mass is 10.2. The molecule has 2 nitrogen and oxygen atoms in total. The smallest absolute Gasteiger partial charge is 0.287 e. The molecule has 0 aliphatic carbocycles. The molecule has 3 heteroatoms. The zero-order valence-corrected chi connectivity index (χ0v) is 9.95. The van der Waals surface area contributed by atoms with Crippen molar-refractivity contribution in [1.82, 2.24) is 4.98 Å². The average molecular weight is 263 g/mol. The van der Waals surface area contributed by atoms with Crippen molar-refractivity contribution in [1.29, 1.82) is 0 Å². The number of hydrogen-bond donors (Lipinski definition) is 1. The fraction of sp³-hybridized carbons (Fsp3) is 0.0833. The summed E-state index contributed by atoms with van der Waals surface area (Å²) in [5, 5.41) is 2.57. The number of halogens is 1. The molecule has 0 amide bonds. The summed E-state index contributed by atoms with van der Waals surface area (Å²) in [6.45, 7) is 0. The molecular formula is C12H11BrN2. The van der Waals surface area contributed by atoms with E-state index in [4.69, 9.17) is 0 Å². The maximum Gasteiger partial charge on any atom is 0.287 e. The third kappa shape index (κ3) is 1.43. The van der Waals surface area contributed by atoms with Crippen molar-refractivity contribution in [3.8, 4) is 0 Å². The first kappa shape index (κ1) is 10.2. The Morgan fingerprint density at radius 3 is 2.60 bits per heavy atom. The van der Waals surface area contributed by atoms with E-state index in [2.05, 4.69) is 59.2 Å². The summed E-state index contributed by atoms with van der Waals surface area (Å²) in [7, 11) is 2.05. The van der Waals surface area contributed by atoms with Gasteiger partial charge in [0.2, 0.25) is 0 Å². The van der Waals surface area contributed by atoms with Crippen LogP contribution in [-0.2, 0) is 7.05 Å². The summed E-state index contributed by atoms with van der Waals surface area (Å²) in [6.07, 6.45) is 2.05. The summed E-state index contributed by atoms with van der Waals surface area (Å²) in [5.41, 5.74) is 2.37. The Balaban J connectivity index is 0.000000853. The summed E-state index contributed by atoms with van der Waals surface area (Å²) in [5.74, 6) is 0. The van der Waals surface area contributed by atoms with Crippen molar-refractivity contribution in [3.63, 3.8) is 0 Å². The predicted octanol–water partition coefficient (Wildman–Crippen LogP) is -0.850. The lowest BCUT2D eigenvalue weighted by molar-refractivity contribution is -0.646. The van der Waals surface area contributed by atoms with Crippen LogP contribution in [0.4, 0.5) is 0 Å². The van der Waals surface area contributed by atoms with E-state index in [9.17, 15) is 0 Å². The Hall–Kier alpha value is -1.35. The number of hydrogen-bond acceptors (Lipinski definition) is 0. The van der Waals surface area contributed by atoms with Gasteiger partial charge < -0.3 is 17.0 Å². The van der Waals surface area contributed by atoms with E-state index in [1.54, 1.807) is 0 Å². The molecule has 0 unspecified atom stereocenters. The van der Waals surface area contributed by atoms with Crippen LogP contribution in [0.1, 0.15) is 0 Å². The molecule has 0 aliphatic heterocycles. The molecule has 2 aromatic heterocycles. The van der Waals surface area contributed by atoms with Crippen LogP contribution >= 0.6 is 0 Å². The molecule has 2 heterocycles. The van der Waals surface area contributed by atoms with Crippen molar-refractivity contribution in [2.45, 2.75) is 0 Å². The van der Waals surface area contributed by atoms with Gasteiger partial charge in [0.25, 0.3) is 5.65 Å². The highest BCUT2D eigenvalue weighted by Gasteiger charge is 2.10. The van der Waals surface area contributed by atoms with Crippen LogP contribution in [0.15, 0.2) is 42.6 Å². The Kier molecular flexibility index (Phi) is 2.49. The number of rotatable bonds is 0. The number of aromatic amines is 1. The van der Waals surface area contributed by atoms with Gasteiger partial charge in [-0.2, -0.15) is 0 Å². The maximum absolute atomic E-state index is 3.41. The molecule has 0 bridgehead atoms. The molecule has 3 aromatic rings. The highest BCUT2D eigenvalue weighted by molar-refractivity contribution is 6.04. The minimum atomic E-state index is 0. The van der Waals surface area contributed by atoms with Gasteiger partial charge in [-0.3, -0.25) is 0 Å². The molecule has 0 atom stereocenters. The van der Waals surface area contributed by atoms with Crippen LogP contribution in [0, 0.1) is 0 Å². The van der Waals surface area contributed by atoms with E-state index in [0.29, 0.717) is 0 Å². The van der Waals surface area contributed by atoms with Crippen molar-refractivity contribution in [2.75, 3.05) is 0 Å². The van der Waals surface area contributed by atoms with E-state index in [1.807, 2.05) is 0 Å². The molecule has 0 saturated heterocycles. The van der Waals surface area contributed by atoms with Crippen LogP contribution in [0.3, 0.4) is 0 Å². The first-order valence-electron chi connectivity index (χ1n) is 4.71. The number of aryl methyl sites for hydroxylation is 1. The second-order valence-corrected chi connectivity index (χ2v) is 3.55. The fourth-order valence-electron chi connectivity index (χ4n) is 1.94. The Bertz CT molecular complexity index is 613.